The van der Waals surface area contributed by atoms with Crippen LogP contribution in [0.2, 0.25) is 0 Å². The van der Waals surface area contributed by atoms with Crippen LogP contribution in [-0.2, 0) is 0 Å². The zero-order valence-corrected chi connectivity index (χ0v) is 16.3. The fraction of sp³-hybridized carbons (Fsp3) is 0.217. The Morgan fingerprint density at radius 2 is 1.04 bits per heavy atom. The minimum absolute atomic E-state index is 0.0630. The second kappa shape index (κ2) is 9.43. The Hall–Kier alpha value is -2.51. The highest BCUT2D eigenvalue weighted by atomic mass is 31.2. The fourth-order valence-electron chi connectivity index (χ4n) is 3.65. The lowest BCUT2D eigenvalue weighted by Crippen LogP contribution is -2.33. The molecule has 0 amide bonds. The molecule has 0 heterocycles. The first-order chi connectivity index (χ1) is 13.2. The highest BCUT2D eigenvalue weighted by Crippen LogP contribution is 2.55. The van der Waals surface area contributed by atoms with Crippen LogP contribution >= 0.6 is 7.26 Å². The zero-order valence-electron chi connectivity index (χ0n) is 15.4. The van der Waals surface area contributed by atoms with Crippen molar-refractivity contribution in [2.45, 2.75) is 19.3 Å². The normalized spacial score (nSPS) is 11.3. The molecule has 0 fully saturated rings. The van der Waals surface area contributed by atoms with Crippen molar-refractivity contribution in [3.05, 3.63) is 101 Å². The monoisotopic (exact) mass is 378 g/mol. The van der Waals surface area contributed by atoms with E-state index < -0.39 is 7.26 Å². The molecule has 0 aliphatic heterocycles. The molecule has 0 spiro atoms. The summed E-state index contributed by atoms with van der Waals surface area (Å²) in [5.74, 6) is 0. The average Bonchev–Trinajstić information content (AvgIpc) is 2.73. The molecule has 138 valence electrons. The number of hydrogen-bond donors (Lipinski definition) is 0. The highest BCUT2D eigenvalue weighted by Gasteiger charge is 2.44. The SMILES string of the molecule is O=[N+]([O-])CCCCC[P+](c1ccccc1)(c1ccccc1)c1ccccc1. The molecule has 0 saturated carbocycles. The first-order valence-corrected chi connectivity index (χ1v) is 11.4. The van der Waals surface area contributed by atoms with E-state index in [1.54, 1.807) is 0 Å². The number of nitrogens with zero attached hydrogens (tertiary/aromatic N) is 1. The second-order valence-electron chi connectivity index (χ2n) is 6.66. The standard InChI is InChI=1S/C23H25NO2P/c25-24(26)19-11-4-12-20-27(21-13-5-1-6-14-21,22-15-7-2-8-16-22)23-17-9-3-10-18-23/h1-3,5-10,13-18H,4,11-12,19-20H2/q+1. The van der Waals surface area contributed by atoms with E-state index in [0.29, 0.717) is 6.42 Å². The molecule has 0 radical (unpaired) electrons. The fourth-order valence-corrected chi connectivity index (χ4v) is 8.06. The van der Waals surface area contributed by atoms with Gasteiger partial charge in [0.05, 0.1) is 6.16 Å². The van der Waals surface area contributed by atoms with Gasteiger partial charge in [0.2, 0.25) is 6.54 Å². The van der Waals surface area contributed by atoms with Gasteiger partial charge >= 0.3 is 0 Å². The maximum absolute atomic E-state index is 10.6. The Balaban J connectivity index is 2.02. The molecule has 0 aliphatic carbocycles. The van der Waals surface area contributed by atoms with Crippen LogP contribution in [0.5, 0.6) is 0 Å². The van der Waals surface area contributed by atoms with Gasteiger partial charge in [-0.25, -0.2) is 0 Å². The molecule has 0 unspecified atom stereocenters. The molecular weight excluding hydrogens is 353 g/mol. The summed E-state index contributed by atoms with van der Waals surface area (Å²) >= 11 is 0. The summed E-state index contributed by atoms with van der Waals surface area (Å²) in [6.45, 7) is 0.0630. The molecule has 3 rings (SSSR count). The molecule has 0 N–H and O–H groups in total. The average molecular weight is 378 g/mol. The molecule has 0 aliphatic rings. The van der Waals surface area contributed by atoms with Gasteiger partial charge in [0.25, 0.3) is 0 Å². The van der Waals surface area contributed by atoms with Gasteiger partial charge in [-0.2, -0.15) is 0 Å². The van der Waals surface area contributed by atoms with Gasteiger partial charge in [-0.1, -0.05) is 54.6 Å². The van der Waals surface area contributed by atoms with E-state index in [-0.39, 0.29) is 11.5 Å². The number of unbranched alkanes of at least 4 members (excludes halogenated alkanes) is 2. The summed E-state index contributed by atoms with van der Waals surface area (Å²) in [6, 6.07) is 32.3. The van der Waals surface area contributed by atoms with Gasteiger partial charge in [0.15, 0.2) is 0 Å². The summed E-state index contributed by atoms with van der Waals surface area (Å²) in [5.41, 5.74) is 0. The molecule has 3 aromatic rings. The maximum Gasteiger partial charge on any atom is 0.203 e. The van der Waals surface area contributed by atoms with Crippen molar-refractivity contribution in [1.29, 1.82) is 0 Å². The van der Waals surface area contributed by atoms with Crippen molar-refractivity contribution in [1.82, 2.24) is 0 Å². The van der Waals surface area contributed by atoms with E-state index in [9.17, 15) is 10.1 Å². The van der Waals surface area contributed by atoms with Crippen LogP contribution in [0.1, 0.15) is 19.3 Å². The van der Waals surface area contributed by atoms with Crippen molar-refractivity contribution in [2.24, 2.45) is 0 Å². The van der Waals surface area contributed by atoms with Gasteiger partial charge < -0.3 is 0 Å². The first kappa shape index (κ1) is 19.3. The van der Waals surface area contributed by atoms with Gasteiger partial charge in [0.1, 0.15) is 23.2 Å². The largest absolute Gasteiger partial charge is 0.265 e. The van der Waals surface area contributed by atoms with Crippen LogP contribution in [0.25, 0.3) is 0 Å². The van der Waals surface area contributed by atoms with Crippen LogP contribution in [-0.4, -0.2) is 17.6 Å². The third kappa shape index (κ3) is 4.61. The Morgan fingerprint density at radius 3 is 1.41 bits per heavy atom. The van der Waals surface area contributed by atoms with Crippen molar-refractivity contribution < 1.29 is 4.92 Å². The van der Waals surface area contributed by atoms with Gasteiger partial charge in [-0.05, 0) is 49.2 Å². The Kier molecular flexibility index (Phi) is 6.73. The van der Waals surface area contributed by atoms with E-state index >= 15 is 0 Å². The van der Waals surface area contributed by atoms with E-state index in [2.05, 4.69) is 91.0 Å². The molecule has 0 bridgehead atoms. The molecular formula is C23H25NO2P+. The molecule has 27 heavy (non-hydrogen) atoms. The number of nitro groups is 1. The van der Waals surface area contributed by atoms with Crippen molar-refractivity contribution in [2.75, 3.05) is 12.7 Å². The predicted octanol–water partition coefficient (Wildman–Crippen LogP) is 4.43. The lowest BCUT2D eigenvalue weighted by atomic mass is 10.2. The summed E-state index contributed by atoms with van der Waals surface area (Å²) in [5, 5.41) is 14.8. The smallest absolute Gasteiger partial charge is 0.203 e. The Labute approximate surface area is 161 Å². The number of benzene rings is 3. The Morgan fingerprint density at radius 1 is 0.630 bits per heavy atom. The van der Waals surface area contributed by atoms with Crippen molar-refractivity contribution >= 4 is 23.2 Å². The van der Waals surface area contributed by atoms with Crippen LogP contribution < -0.4 is 15.9 Å². The molecule has 0 atom stereocenters. The quantitative estimate of drug-likeness (QED) is 0.239. The summed E-state index contributed by atoms with van der Waals surface area (Å²) in [7, 11) is -1.79. The van der Waals surface area contributed by atoms with Gasteiger partial charge in [-0.15, -0.1) is 0 Å². The van der Waals surface area contributed by atoms with Crippen LogP contribution in [0.15, 0.2) is 91.0 Å². The van der Waals surface area contributed by atoms with Crippen LogP contribution in [0, 0.1) is 10.1 Å². The zero-order chi connectivity index (χ0) is 19.0. The molecule has 3 nitrogen and oxygen atoms in total. The predicted molar refractivity (Wildman–Crippen MR) is 116 cm³/mol. The molecule has 3 aromatic carbocycles. The lowest BCUT2D eigenvalue weighted by Gasteiger charge is -2.27. The molecule has 0 aromatic heterocycles. The first-order valence-electron chi connectivity index (χ1n) is 9.40. The van der Waals surface area contributed by atoms with Crippen molar-refractivity contribution in [3.8, 4) is 0 Å². The number of rotatable bonds is 9. The van der Waals surface area contributed by atoms with Crippen molar-refractivity contribution in [3.63, 3.8) is 0 Å². The van der Waals surface area contributed by atoms with Gasteiger partial charge in [-0.3, -0.25) is 10.1 Å². The van der Waals surface area contributed by atoms with Crippen LogP contribution in [0.4, 0.5) is 0 Å². The molecule has 0 saturated heterocycles. The minimum Gasteiger partial charge on any atom is -0.265 e. The minimum atomic E-state index is -1.79. The second-order valence-corrected chi connectivity index (χ2v) is 10.3. The third-order valence-electron chi connectivity index (χ3n) is 4.93. The van der Waals surface area contributed by atoms with E-state index in [1.807, 2.05) is 0 Å². The van der Waals surface area contributed by atoms with Crippen LogP contribution in [0.3, 0.4) is 0 Å². The van der Waals surface area contributed by atoms with E-state index in [4.69, 9.17) is 0 Å². The lowest BCUT2D eigenvalue weighted by molar-refractivity contribution is -0.480. The van der Waals surface area contributed by atoms with Gasteiger partial charge in [0, 0.05) is 11.3 Å². The molecule has 4 heteroatoms. The summed E-state index contributed by atoms with van der Waals surface area (Å²) in [4.78, 5) is 10.4. The maximum atomic E-state index is 10.6. The topological polar surface area (TPSA) is 43.1 Å². The summed E-state index contributed by atoms with van der Waals surface area (Å²) < 4.78 is 0. The number of hydrogen-bond acceptors (Lipinski definition) is 2. The van der Waals surface area contributed by atoms with E-state index in [1.165, 1.54) is 15.9 Å². The van der Waals surface area contributed by atoms with E-state index in [0.717, 1.165) is 19.0 Å². The highest BCUT2D eigenvalue weighted by molar-refractivity contribution is 7.95. The third-order valence-corrected chi connectivity index (χ3v) is 9.45. The summed E-state index contributed by atoms with van der Waals surface area (Å²) in [6.07, 6.45) is 3.55. The Bertz CT molecular complexity index is 741.